The Morgan fingerprint density at radius 2 is 1.74 bits per heavy atom. The fraction of sp³-hybridized carbons (Fsp3) is 0.556. The average molecular weight is 525 g/mol. The number of aliphatic hydroxyl groups excluding tert-OH is 1. The molecular formula is C27H36N6O5. The normalized spacial score (nSPS) is 17.2. The maximum absolute atomic E-state index is 13.2. The Labute approximate surface area is 222 Å². The standard InChI is InChI=1S/C27H36N6O5/c34-17-7-5-3-1-2-4-6-16-32-18-19(30-31-32)10-9-15-28-21-12-8-11-20-24(21)27(38)33(26(20)37)22-13-14-23(35)29-25(22)36/h8,11-12,18,22,28,34H,1-7,9-10,13-17H2,(H,29,35,36). The molecule has 3 heterocycles. The molecule has 1 atom stereocenters. The fourth-order valence-corrected chi connectivity index (χ4v) is 4.99. The van der Waals surface area contributed by atoms with E-state index < -0.39 is 29.7 Å². The second-order valence-corrected chi connectivity index (χ2v) is 9.88. The third-order valence-electron chi connectivity index (χ3n) is 7.02. The van der Waals surface area contributed by atoms with Gasteiger partial charge in [-0.1, -0.05) is 43.4 Å². The maximum atomic E-state index is 13.2. The van der Waals surface area contributed by atoms with Crippen LogP contribution in [0.25, 0.3) is 0 Å². The summed E-state index contributed by atoms with van der Waals surface area (Å²) in [7, 11) is 0. The highest BCUT2D eigenvalue weighted by atomic mass is 16.3. The van der Waals surface area contributed by atoms with Crippen LogP contribution in [0.15, 0.2) is 24.4 Å². The van der Waals surface area contributed by atoms with Gasteiger partial charge in [-0.25, -0.2) is 0 Å². The third-order valence-corrected chi connectivity index (χ3v) is 7.02. The number of hydrogen-bond donors (Lipinski definition) is 3. The van der Waals surface area contributed by atoms with Gasteiger partial charge in [0.05, 0.1) is 16.8 Å². The Balaban J connectivity index is 1.22. The number of imide groups is 2. The van der Waals surface area contributed by atoms with Crippen molar-refractivity contribution in [2.75, 3.05) is 18.5 Å². The Bertz CT molecular complexity index is 1160. The number of carbonyl (C=O) groups excluding carboxylic acids is 4. The SMILES string of the molecule is O=C1CCC(N2C(=O)c3cccc(NCCCc4cn(CCCCCCCCCO)nn4)c3C2=O)C(=O)N1. The van der Waals surface area contributed by atoms with Crippen LogP contribution in [0.2, 0.25) is 0 Å². The summed E-state index contributed by atoms with van der Waals surface area (Å²) in [4.78, 5) is 50.9. The lowest BCUT2D eigenvalue weighted by atomic mass is 10.0. The zero-order chi connectivity index (χ0) is 26.9. The molecule has 0 radical (unpaired) electrons. The van der Waals surface area contributed by atoms with Crippen LogP contribution >= 0.6 is 0 Å². The summed E-state index contributed by atoms with van der Waals surface area (Å²) in [6, 6.07) is 4.07. The number of nitrogens with zero attached hydrogens (tertiary/aromatic N) is 4. The van der Waals surface area contributed by atoms with Crippen LogP contribution in [0.1, 0.15) is 90.6 Å². The van der Waals surface area contributed by atoms with Gasteiger partial charge in [-0.3, -0.25) is 34.1 Å². The molecule has 0 bridgehead atoms. The van der Waals surface area contributed by atoms with E-state index in [0.717, 1.165) is 55.7 Å². The lowest BCUT2D eigenvalue weighted by Crippen LogP contribution is -2.54. The van der Waals surface area contributed by atoms with Gasteiger partial charge < -0.3 is 10.4 Å². The van der Waals surface area contributed by atoms with Gasteiger partial charge in [0, 0.05) is 38.0 Å². The van der Waals surface area contributed by atoms with E-state index in [0.29, 0.717) is 12.2 Å². The quantitative estimate of drug-likeness (QED) is 0.238. The van der Waals surface area contributed by atoms with Gasteiger partial charge in [0.15, 0.2) is 0 Å². The number of unbranched alkanes of at least 4 members (excludes halogenated alkanes) is 6. The second kappa shape index (κ2) is 13.3. The van der Waals surface area contributed by atoms with Gasteiger partial charge >= 0.3 is 0 Å². The number of benzene rings is 1. The summed E-state index contributed by atoms with van der Waals surface area (Å²) in [5.41, 5.74) is 1.99. The van der Waals surface area contributed by atoms with E-state index in [1.807, 2.05) is 10.9 Å². The predicted molar refractivity (Wildman–Crippen MR) is 139 cm³/mol. The molecule has 4 amide bonds. The minimum atomic E-state index is -0.979. The molecule has 11 heteroatoms. The summed E-state index contributed by atoms with van der Waals surface area (Å²) in [6.07, 6.45) is 11.5. The van der Waals surface area contributed by atoms with Crippen molar-refractivity contribution in [3.05, 3.63) is 41.2 Å². The molecule has 0 aliphatic carbocycles. The number of carbonyl (C=O) groups is 4. The second-order valence-electron chi connectivity index (χ2n) is 9.88. The number of nitrogens with one attached hydrogen (secondary N) is 2. The molecule has 0 saturated carbocycles. The highest BCUT2D eigenvalue weighted by Gasteiger charge is 2.45. The van der Waals surface area contributed by atoms with Crippen molar-refractivity contribution in [1.82, 2.24) is 25.2 Å². The number of piperidine rings is 1. The molecular weight excluding hydrogens is 488 g/mol. The van der Waals surface area contributed by atoms with Crippen LogP contribution in [0.4, 0.5) is 5.69 Å². The van der Waals surface area contributed by atoms with Gasteiger partial charge in [0.2, 0.25) is 11.8 Å². The van der Waals surface area contributed by atoms with Gasteiger partial charge in [0.1, 0.15) is 6.04 Å². The summed E-state index contributed by atoms with van der Waals surface area (Å²) in [5.74, 6) is -2.05. The molecule has 2 aromatic rings. The van der Waals surface area contributed by atoms with E-state index >= 15 is 0 Å². The Hall–Kier alpha value is -3.60. The molecule has 1 saturated heterocycles. The summed E-state index contributed by atoms with van der Waals surface area (Å²) in [6.45, 7) is 1.70. The highest BCUT2D eigenvalue weighted by Crippen LogP contribution is 2.32. The van der Waals surface area contributed by atoms with Gasteiger partial charge in [-0.2, -0.15) is 0 Å². The maximum Gasteiger partial charge on any atom is 0.264 e. The molecule has 1 aromatic heterocycles. The fourth-order valence-electron chi connectivity index (χ4n) is 4.99. The third kappa shape index (κ3) is 6.63. The number of amides is 4. The van der Waals surface area contributed by atoms with E-state index in [-0.39, 0.29) is 30.6 Å². The first-order valence-electron chi connectivity index (χ1n) is 13.6. The Morgan fingerprint density at radius 1 is 0.974 bits per heavy atom. The number of aryl methyl sites for hydroxylation is 2. The first-order chi connectivity index (χ1) is 18.5. The highest BCUT2D eigenvalue weighted by molar-refractivity contribution is 6.25. The molecule has 2 aliphatic rings. The Morgan fingerprint density at radius 3 is 2.50 bits per heavy atom. The molecule has 38 heavy (non-hydrogen) atoms. The van der Waals surface area contributed by atoms with Crippen LogP contribution in [-0.4, -0.2) is 67.8 Å². The summed E-state index contributed by atoms with van der Waals surface area (Å²) >= 11 is 0. The zero-order valence-electron chi connectivity index (χ0n) is 21.7. The first-order valence-corrected chi connectivity index (χ1v) is 13.6. The topological polar surface area (TPSA) is 147 Å². The van der Waals surface area contributed by atoms with Crippen LogP contribution < -0.4 is 10.6 Å². The summed E-state index contributed by atoms with van der Waals surface area (Å²) in [5, 5.41) is 22.8. The van der Waals surface area contributed by atoms with E-state index in [9.17, 15) is 19.2 Å². The van der Waals surface area contributed by atoms with Crippen molar-refractivity contribution < 1.29 is 24.3 Å². The van der Waals surface area contributed by atoms with Crippen molar-refractivity contribution in [3.8, 4) is 0 Å². The number of anilines is 1. The molecule has 2 aliphatic heterocycles. The molecule has 204 valence electrons. The average Bonchev–Trinajstić information content (AvgIpc) is 3.46. The van der Waals surface area contributed by atoms with Gasteiger partial charge in [-0.05, 0) is 44.2 Å². The van der Waals surface area contributed by atoms with Gasteiger partial charge in [-0.15, -0.1) is 5.10 Å². The van der Waals surface area contributed by atoms with E-state index in [4.69, 9.17) is 5.11 Å². The first kappa shape index (κ1) is 27.4. The molecule has 11 nitrogen and oxygen atoms in total. The van der Waals surface area contributed by atoms with Crippen molar-refractivity contribution in [1.29, 1.82) is 0 Å². The summed E-state index contributed by atoms with van der Waals surface area (Å²) < 4.78 is 1.88. The van der Waals surface area contributed by atoms with Crippen molar-refractivity contribution >= 4 is 29.3 Å². The number of aliphatic hydroxyl groups is 1. The van der Waals surface area contributed by atoms with E-state index in [1.165, 1.54) is 19.3 Å². The smallest absolute Gasteiger partial charge is 0.264 e. The van der Waals surface area contributed by atoms with Crippen LogP contribution in [0, 0.1) is 0 Å². The number of hydrogen-bond acceptors (Lipinski definition) is 8. The molecule has 3 N–H and O–H groups in total. The molecule has 4 rings (SSSR count). The lowest BCUT2D eigenvalue weighted by molar-refractivity contribution is -0.136. The van der Waals surface area contributed by atoms with Crippen molar-refractivity contribution in [2.24, 2.45) is 0 Å². The van der Waals surface area contributed by atoms with Gasteiger partial charge in [0.25, 0.3) is 11.8 Å². The minimum absolute atomic E-state index is 0.0890. The number of rotatable bonds is 15. The zero-order valence-corrected chi connectivity index (χ0v) is 21.7. The largest absolute Gasteiger partial charge is 0.396 e. The molecule has 1 fully saturated rings. The predicted octanol–water partition coefficient (Wildman–Crippen LogP) is 2.45. The number of aromatic nitrogens is 3. The monoisotopic (exact) mass is 524 g/mol. The van der Waals surface area contributed by atoms with Crippen molar-refractivity contribution in [3.63, 3.8) is 0 Å². The molecule has 1 aromatic carbocycles. The van der Waals surface area contributed by atoms with E-state index in [1.54, 1.807) is 18.2 Å². The van der Waals surface area contributed by atoms with Crippen LogP contribution in [-0.2, 0) is 22.6 Å². The lowest BCUT2D eigenvalue weighted by Gasteiger charge is -2.27. The molecule has 1 unspecified atom stereocenters. The minimum Gasteiger partial charge on any atom is -0.396 e. The van der Waals surface area contributed by atoms with Crippen LogP contribution in [0.3, 0.4) is 0 Å². The van der Waals surface area contributed by atoms with Crippen molar-refractivity contribution in [2.45, 2.75) is 83.2 Å². The number of fused-ring (bicyclic) bond motifs is 1. The Kier molecular flexibility index (Phi) is 9.58. The molecule has 0 spiro atoms. The van der Waals surface area contributed by atoms with E-state index in [2.05, 4.69) is 20.9 Å². The van der Waals surface area contributed by atoms with Crippen LogP contribution in [0.5, 0.6) is 0 Å².